The Morgan fingerprint density at radius 3 is 2.68 bits per heavy atom. The van der Waals surface area contributed by atoms with Crippen LogP contribution in [-0.4, -0.2) is 35.1 Å². The molecule has 104 valence electrons. The minimum absolute atomic E-state index is 0.0269. The number of amides is 1. The van der Waals surface area contributed by atoms with Gasteiger partial charge in [0.1, 0.15) is 0 Å². The zero-order chi connectivity index (χ0) is 14.0. The van der Waals surface area contributed by atoms with Crippen molar-refractivity contribution < 1.29 is 9.53 Å². The molecule has 0 aromatic carbocycles. The molecule has 1 aromatic rings. The Bertz CT molecular complexity index is 461. The van der Waals surface area contributed by atoms with Crippen LogP contribution in [0.4, 0.5) is 5.95 Å². The van der Waals surface area contributed by atoms with Crippen LogP contribution in [0.25, 0.3) is 0 Å². The van der Waals surface area contributed by atoms with Gasteiger partial charge in [-0.3, -0.25) is 9.69 Å². The number of carbonyl (C=O) groups is 1. The molecule has 1 saturated heterocycles. The van der Waals surface area contributed by atoms with E-state index in [2.05, 4.69) is 25.9 Å². The van der Waals surface area contributed by atoms with Crippen LogP contribution in [0.2, 0.25) is 0 Å². The van der Waals surface area contributed by atoms with Gasteiger partial charge in [0.2, 0.25) is 11.9 Å². The Kier molecular flexibility index (Phi) is 4.20. The largest absolute Gasteiger partial charge is 0.376 e. The molecule has 19 heavy (non-hydrogen) atoms. The smallest absolute Gasteiger partial charge is 0.232 e. The third-order valence-electron chi connectivity index (χ3n) is 3.28. The van der Waals surface area contributed by atoms with Crippen molar-refractivity contribution in [2.24, 2.45) is 5.92 Å². The van der Waals surface area contributed by atoms with Gasteiger partial charge < -0.3 is 4.74 Å². The summed E-state index contributed by atoms with van der Waals surface area (Å²) in [5.74, 6) is 0.456. The highest BCUT2D eigenvalue weighted by Gasteiger charge is 2.34. The van der Waals surface area contributed by atoms with E-state index in [1.54, 1.807) is 19.4 Å². The highest BCUT2D eigenvalue weighted by molar-refractivity contribution is 9.10. The molecule has 1 fully saturated rings. The summed E-state index contributed by atoms with van der Waals surface area (Å²) >= 11 is 3.28. The standard InChI is InChI=1S/C13H18BrN3O2/c1-13(2)6-9(4-5-19-13)11(18)17(3)12-15-7-10(14)8-16-12/h7-9H,4-6H2,1-3H3. The monoisotopic (exact) mass is 327 g/mol. The average Bonchev–Trinajstić information content (AvgIpc) is 2.37. The maximum atomic E-state index is 12.4. The van der Waals surface area contributed by atoms with Gasteiger partial charge in [-0.25, -0.2) is 9.97 Å². The second-order valence-electron chi connectivity index (χ2n) is 5.40. The predicted octanol–water partition coefficient (Wildman–Crippen LogP) is 2.41. The zero-order valence-electron chi connectivity index (χ0n) is 11.4. The van der Waals surface area contributed by atoms with Gasteiger partial charge in [0.05, 0.1) is 10.1 Å². The molecule has 0 radical (unpaired) electrons. The second kappa shape index (κ2) is 5.54. The number of aromatic nitrogens is 2. The molecule has 1 aliphatic rings. The molecular formula is C13H18BrN3O2. The quantitative estimate of drug-likeness (QED) is 0.837. The molecule has 2 heterocycles. The van der Waals surface area contributed by atoms with Crippen LogP contribution in [0.15, 0.2) is 16.9 Å². The van der Waals surface area contributed by atoms with Gasteiger partial charge in [0.15, 0.2) is 0 Å². The normalized spacial score (nSPS) is 22.0. The second-order valence-corrected chi connectivity index (χ2v) is 6.31. The Morgan fingerprint density at radius 1 is 1.47 bits per heavy atom. The van der Waals surface area contributed by atoms with Crippen molar-refractivity contribution in [3.05, 3.63) is 16.9 Å². The van der Waals surface area contributed by atoms with Crippen LogP contribution >= 0.6 is 15.9 Å². The maximum absolute atomic E-state index is 12.4. The lowest BCUT2D eigenvalue weighted by Crippen LogP contribution is -2.42. The first-order valence-corrected chi connectivity index (χ1v) is 7.07. The molecule has 5 nitrogen and oxygen atoms in total. The summed E-state index contributed by atoms with van der Waals surface area (Å²) in [6.07, 6.45) is 4.76. The van der Waals surface area contributed by atoms with Gasteiger partial charge >= 0.3 is 0 Å². The number of nitrogens with zero attached hydrogens (tertiary/aromatic N) is 3. The molecule has 1 atom stereocenters. The van der Waals surface area contributed by atoms with Crippen LogP contribution in [0, 0.1) is 5.92 Å². The van der Waals surface area contributed by atoms with Crippen molar-refractivity contribution in [2.75, 3.05) is 18.6 Å². The molecule has 1 aliphatic heterocycles. The molecule has 1 unspecified atom stereocenters. The molecule has 1 aromatic heterocycles. The van der Waals surface area contributed by atoms with Gasteiger partial charge in [0, 0.05) is 32.0 Å². The van der Waals surface area contributed by atoms with Gasteiger partial charge in [0.25, 0.3) is 0 Å². The first-order chi connectivity index (χ1) is 8.89. The summed E-state index contributed by atoms with van der Waals surface area (Å²) in [5.41, 5.74) is -0.236. The summed E-state index contributed by atoms with van der Waals surface area (Å²) in [7, 11) is 1.72. The van der Waals surface area contributed by atoms with Crippen molar-refractivity contribution >= 4 is 27.8 Å². The minimum Gasteiger partial charge on any atom is -0.376 e. The summed E-state index contributed by atoms with van der Waals surface area (Å²) in [5, 5.41) is 0. The van der Waals surface area contributed by atoms with Crippen LogP contribution < -0.4 is 4.90 Å². The topological polar surface area (TPSA) is 55.3 Å². The highest BCUT2D eigenvalue weighted by Crippen LogP contribution is 2.30. The first kappa shape index (κ1) is 14.4. The van der Waals surface area contributed by atoms with E-state index in [-0.39, 0.29) is 17.4 Å². The van der Waals surface area contributed by atoms with E-state index in [0.29, 0.717) is 12.6 Å². The van der Waals surface area contributed by atoms with E-state index in [9.17, 15) is 4.79 Å². The molecule has 0 aliphatic carbocycles. The minimum atomic E-state index is -0.236. The van der Waals surface area contributed by atoms with Crippen molar-refractivity contribution in [3.8, 4) is 0 Å². The molecule has 1 amide bonds. The fraction of sp³-hybridized carbons (Fsp3) is 0.615. The Balaban J connectivity index is 2.08. The van der Waals surface area contributed by atoms with Crippen molar-refractivity contribution in [1.82, 2.24) is 9.97 Å². The van der Waals surface area contributed by atoms with Crippen molar-refractivity contribution in [3.63, 3.8) is 0 Å². The molecule has 0 N–H and O–H groups in total. The van der Waals surface area contributed by atoms with E-state index in [1.807, 2.05) is 13.8 Å². The molecule has 0 spiro atoms. The fourth-order valence-corrected chi connectivity index (χ4v) is 2.50. The number of hydrogen-bond acceptors (Lipinski definition) is 4. The molecule has 2 rings (SSSR count). The average molecular weight is 328 g/mol. The number of halogens is 1. The Morgan fingerprint density at radius 2 is 2.11 bits per heavy atom. The Labute approximate surface area is 121 Å². The third kappa shape index (κ3) is 3.51. The molecule has 6 heteroatoms. The zero-order valence-corrected chi connectivity index (χ0v) is 13.0. The fourth-order valence-electron chi connectivity index (χ4n) is 2.29. The highest BCUT2D eigenvalue weighted by atomic mass is 79.9. The summed E-state index contributed by atoms with van der Waals surface area (Å²) < 4.78 is 6.43. The van der Waals surface area contributed by atoms with Gasteiger partial charge in [-0.15, -0.1) is 0 Å². The van der Waals surface area contributed by atoms with Gasteiger partial charge in [-0.05, 0) is 42.6 Å². The van der Waals surface area contributed by atoms with E-state index < -0.39 is 0 Å². The molecule has 0 bridgehead atoms. The number of ether oxygens (including phenoxy) is 1. The lowest BCUT2D eigenvalue weighted by Gasteiger charge is -2.35. The lowest BCUT2D eigenvalue weighted by atomic mass is 9.87. The van der Waals surface area contributed by atoms with Crippen LogP contribution in [-0.2, 0) is 9.53 Å². The van der Waals surface area contributed by atoms with Crippen molar-refractivity contribution in [1.29, 1.82) is 0 Å². The van der Waals surface area contributed by atoms with Crippen LogP contribution in [0.5, 0.6) is 0 Å². The van der Waals surface area contributed by atoms with E-state index >= 15 is 0 Å². The first-order valence-electron chi connectivity index (χ1n) is 6.28. The van der Waals surface area contributed by atoms with Crippen LogP contribution in [0.3, 0.4) is 0 Å². The predicted molar refractivity (Wildman–Crippen MR) is 75.9 cm³/mol. The summed E-state index contributed by atoms with van der Waals surface area (Å²) in [4.78, 5) is 22.3. The van der Waals surface area contributed by atoms with E-state index in [0.717, 1.165) is 17.3 Å². The summed E-state index contributed by atoms with van der Waals surface area (Å²) in [6, 6.07) is 0. The van der Waals surface area contributed by atoms with Gasteiger partial charge in [-0.1, -0.05) is 0 Å². The van der Waals surface area contributed by atoms with E-state index in [4.69, 9.17) is 4.74 Å². The SMILES string of the molecule is CN(C(=O)C1CCOC(C)(C)C1)c1ncc(Br)cn1. The summed E-state index contributed by atoms with van der Waals surface area (Å²) in [6.45, 7) is 4.66. The van der Waals surface area contributed by atoms with E-state index in [1.165, 1.54) is 4.90 Å². The number of carbonyl (C=O) groups excluding carboxylic acids is 1. The Hall–Kier alpha value is -1.01. The molecule has 0 saturated carbocycles. The number of anilines is 1. The number of hydrogen-bond donors (Lipinski definition) is 0. The molecular weight excluding hydrogens is 310 g/mol. The third-order valence-corrected chi connectivity index (χ3v) is 3.69. The van der Waals surface area contributed by atoms with Crippen LogP contribution in [0.1, 0.15) is 26.7 Å². The maximum Gasteiger partial charge on any atom is 0.232 e. The van der Waals surface area contributed by atoms with Gasteiger partial charge in [-0.2, -0.15) is 0 Å². The lowest BCUT2D eigenvalue weighted by molar-refractivity contribution is -0.132. The van der Waals surface area contributed by atoms with Crippen molar-refractivity contribution in [2.45, 2.75) is 32.3 Å². The number of rotatable bonds is 2.